The number of ether oxygens (including phenoxy) is 1. The third-order valence-electron chi connectivity index (χ3n) is 4.68. The van der Waals surface area contributed by atoms with Gasteiger partial charge in [0.05, 0.1) is 7.11 Å². The Balaban J connectivity index is 1.88. The molecule has 1 unspecified atom stereocenters. The number of rotatable bonds is 9. The molecule has 2 rings (SSSR count). The van der Waals surface area contributed by atoms with E-state index in [2.05, 4.69) is 36.5 Å². The third-order valence-corrected chi connectivity index (χ3v) is 4.68. The first-order chi connectivity index (χ1) is 10.3. The van der Waals surface area contributed by atoms with Crippen LogP contribution in [0, 0.1) is 11.8 Å². The van der Waals surface area contributed by atoms with Gasteiger partial charge in [-0.3, -0.25) is 0 Å². The largest absolute Gasteiger partial charge is 0.497 e. The Hall–Kier alpha value is -1.02. The lowest BCUT2D eigenvalue weighted by Crippen LogP contribution is -2.26. The van der Waals surface area contributed by atoms with Crippen LogP contribution in [0.3, 0.4) is 0 Å². The Morgan fingerprint density at radius 1 is 1.19 bits per heavy atom. The highest BCUT2D eigenvalue weighted by atomic mass is 16.5. The first kappa shape index (κ1) is 16.4. The highest BCUT2D eigenvalue weighted by Crippen LogP contribution is 2.31. The molecule has 1 aliphatic rings. The molecule has 118 valence electrons. The summed E-state index contributed by atoms with van der Waals surface area (Å²) in [6.45, 7) is 4.54. The summed E-state index contributed by atoms with van der Waals surface area (Å²) in [6, 6.07) is 8.61. The maximum atomic E-state index is 5.25. The standard InChI is InChI=1S/C19H31NO/c1-3-12-20-15-18(13-16-6-4-5-7-16)14-17-8-10-19(21-2)11-9-17/h8-11,16,18,20H,3-7,12-15H2,1-2H3. The molecule has 1 atom stereocenters. The lowest BCUT2D eigenvalue weighted by atomic mass is 9.88. The normalized spacial score (nSPS) is 17.0. The van der Waals surface area contributed by atoms with Crippen molar-refractivity contribution in [3.8, 4) is 5.75 Å². The molecule has 0 radical (unpaired) electrons. The van der Waals surface area contributed by atoms with Crippen molar-refractivity contribution < 1.29 is 4.74 Å². The van der Waals surface area contributed by atoms with Crippen molar-refractivity contribution in [1.29, 1.82) is 0 Å². The molecule has 0 amide bonds. The van der Waals surface area contributed by atoms with Gasteiger partial charge in [0.1, 0.15) is 5.75 Å². The molecule has 1 aliphatic carbocycles. The second kappa shape index (κ2) is 9.09. The molecule has 1 N–H and O–H groups in total. The summed E-state index contributed by atoms with van der Waals surface area (Å²) < 4.78 is 5.25. The van der Waals surface area contributed by atoms with E-state index in [-0.39, 0.29) is 0 Å². The van der Waals surface area contributed by atoms with Gasteiger partial charge < -0.3 is 10.1 Å². The van der Waals surface area contributed by atoms with Crippen LogP contribution in [0.5, 0.6) is 5.75 Å². The van der Waals surface area contributed by atoms with Gasteiger partial charge in [-0.1, -0.05) is 44.7 Å². The molecule has 0 aliphatic heterocycles. The average molecular weight is 289 g/mol. The monoisotopic (exact) mass is 289 g/mol. The molecule has 0 bridgehead atoms. The van der Waals surface area contributed by atoms with Gasteiger partial charge in [0.2, 0.25) is 0 Å². The van der Waals surface area contributed by atoms with Crippen LogP contribution in [0.15, 0.2) is 24.3 Å². The second-order valence-corrected chi connectivity index (χ2v) is 6.51. The number of hydrogen-bond donors (Lipinski definition) is 1. The van der Waals surface area contributed by atoms with Crippen LogP contribution >= 0.6 is 0 Å². The van der Waals surface area contributed by atoms with Crippen molar-refractivity contribution >= 4 is 0 Å². The van der Waals surface area contributed by atoms with E-state index in [1.807, 2.05) is 0 Å². The first-order valence-electron chi connectivity index (χ1n) is 8.65. The van der Waals surface area contributed by atoms with Crippen LogP contribution in [-0.2, 0) is 6.42 Å². The molecular weight excluding hydrogens is 258 g/mol. The van der Waals surface area contributed by atoms with Gasteiger partial charge in [-0.05, 0) is 61.9 Å². The predicted molar refractivity (Wildman–Crippen MR) is 89.9 cm³/mol. The fourth-order valence-corrected chi connectivity index (χ4v) is 3.53. The Morgan fingerprint density at radius 2 is 1.90 bits per heavy atom. The number of methoxy groups -OCH3 is 1. The molecule has 0 saturated heterocycles. The molecule has 1 fully saturated rings. The van der Waals surface area contributed by atoms with E-state index in [4.69, 9.17) is 4.74 Å². The lowest BCUT2D eigenvalue weighted by Gasteiger charge is -2.21. The zero-order chi connectivity index (χ0) is 14.9. The summed E-state index contributed by atoms with van der Waals surface area (Å²) in [5, 5.41) is 3.63. The van der Waals surface area contributed by atoms with E-state index in [1.54, 1.807) is 7.11 Å². The van der Waals surface area contributed by atoms with Gasteiger partial charge in [0, 0.05) is 0 Å². The van der Waals surface area contributed by atoms with Gasteiger partial charge in [-0.15, -0.1) is 0 Å². The highest BCUT2D eigenvalue weighted by molar-refractivity contribution is 5.27. The number of benzene rings is 1. The Bertz CT molecular complexity index is 381. The van der Waals surface area contributed by atoms with E-state index in [9.17, 15) is 0 Å². The fraction of sp³-hybridized carbons (Fsp3) is 0.684. The van der Waals surface area contributed by atoms with E-state index >= 15 is 0 Å². The maximum Gasteiger partial charge on any atom is 0.118 e. The summed E-state index contributed by atoms with van der Waals surface area (Å²) in [5.41, 5.74) is 1.44. The Kier molecular flexibility index (Phi) is 7.08. The molecule has 0 heterocycles. The van der Waals surface area contributed by atoms with Crippen LogP contribution in [0.25, 0.3) is 0 Å². The summed E-state index contributed by atoms with van der Waals surface area (Å²) in [6.07, 6.45) is 9.60. The third kappa shape index (κ3) is 5.70. The van der Waals surface area contributed by atoms with Gasteiger partial charge in [0.25, 0.3) is 0 Å². The highest BCUT2D eigenvalue weighted by Gasteiger charge is 2.20. The summed E-state index contributed by atoms with van der Waals surface area (Å²) in [5.74, 6) is 2.69. The van der Waals surface area contributed by atoms with Crippen molar-refractivity contribution in [3.05, 3.63) is 29.8 Å². The van der Waals surface area contributed by atoms with Crippen molar-refractivity contribution in [3.63, 3.8) is 0 Å². The average Bonchev–Trinajstić information content (AvgIpc) is 3.01. The van der Waals surface area contributed by atoms with Gasteiger partial charge in [-0.25, -0.2) is 0 Å². The summed E-state index contributed by atoms with van der Waals surface area (Å²) in [7, 11) is 1.73. The summed E-state index contributed by atoms with van der Waals surface area (Å²) in [4.78, 5) is 0. The van der Waals surface area contributed by atoms with Crippen LogP contribution in [0.2, 0.25) is 0 Å². The predicted octanol–water partition coefficient (Wildman–Crippen LogP) is 4.43. The first-order valence-corrected chi connectivity index (χ1v) is 8.65. The van der Waals surface area contributed by atoms with E-state index in [1.165, 1.54) is 50.5 Å². The topological polar surface area (TPSA) is 21.3 Å². The minimum absolute atomic E-state index is 0.771. The zero-order valence-electron chi connectivity index (χ0n) is 13.7. The van der Waals surface area contributed by atoms with E-state index < -0.39 is 0 Å². The molecule has 21 heavy (non-hydrogen) atoms. The van der Waals surface area contributed by atoms with Gasteiger partial charge >= 0.3 is 0 Å². The van der Waals surface area contributed by atoms with Crippen molar-refractivity contribution in [2.45, 2.75) is 51.9 Å². The minimum Gasteiger partial charge on any atom is -0.497 e. The van der Waals surface area contributed by atoms with Crippen LogP contribution in [0.1, 0.15) is 51.0 Å². The fourth-order valence-electron chi connectivity index (χ4n) is 3.53. The second-order valence-electron chi connectivity index (χ2n) is 6.51. The molecule has 1 saturated carbocycles. The smallest absolute Gasteiger partial charge is 0.118 e. The maximum absolute atomic E-state index is 5.25. The molecule has 1 aromatic rings. The van der Waals surface area contributed by atoms with Gasteiger partial charge in [0.15, 0.2) is 0 Å². The minimum atomic E-state index is 0.771. The molecule has 0 aromatic heterocycles. The van der Waals surface area contributed by atoms with E-state index in [0.29, 0.717) is 0 Å². The van der Waals surface area contributed by atoms with Crippen LogP contribution in [0.4, 0.5) is 0 Å². The van der Waals surface area contributed by atoms with Crippen molar-refractivity contribution in [2.24, 2.45) is 11.8 Å². The van der Waals surface area contributed by atoms with Gasteiger partial charge in [-0.2, -0.15) is 0 Å². The van der Waals surface area contributed by atoms with Crippen molar-refractivity contribution in [2.75, 3.05) is 20.2 Å². The SMILES string of the molecule is CCCNCC(Cc1ccc(OC)cc1)CC1CCCC1. The molecule has 2 nitrogen and oxygen atoms in total. The molecule has 2 heteroatoms. The quantitative estimate of drug-likeness (QED) is 0.679. The Morgan fingerprint density at radius 3 is 2.52 bits per heavy atom. The number of nitrogens with one attached hydrogen (secondary N) is 1. The van der Waals surface area contributed by atoms with Crippen LogP contribution in [-0.4, -0.2) is 20.2 Å². The van der Waals surface area contributed by atoms with E-state index in [0.717, 1.165) is 30.7 Å². The molecular formula is C19H31NO. The number of hydrogen-bond acceptors (Lipinski definition) is 2. The summed E-state index contributed by atoms with van der Waals surface area (Å²) >= 11 is 0. The zero-order valence-corrected chi connectivity index (χ0v) is 13.7. The molecule has 1 aromatic carbocycles. The lowest BCUT2D eigenvalue weighted by molar-refractivity contribution is 0.357. The van der Waals surface area contributed by atoms with Crippen molar-refractivity contribution in [1.82, 2.24) is 5.32 Å². The molecule has 0 spiro atoms. The van der Waals surface area contributed by atoms with Crippen LogP contribution < -0.4 is 10.1 Å². The Labute approximate surface area is 130 Å².